The van der Waals surface area contributed by atoms with Gasteiger partial charge in [-0.1, -0.05) is 12.8 Å². The van der Waals surface area contributed by atoms with Crippen molar-refractivity contribution in [1.82, 2.24) is 4.98 Å². The molecule has 3 N–H and O–H groups in total. The summed E-state index contributed by atoms with van der Waals surface area (Å²) in [6, 6.07) is 3.75. The topological polar surface area (TPSA) is 59.1 Å². The first kappa shape index (κ1) is 10.6. The normalized spacial score (nSPS) is 21.5. The Labute approximate surface area is 90.3 Å². The second-order valence-corrected chi connectivity index (χ2v) is 4.46. The third kappa shape index (κ3) is 1.90. The highest BCUT2D eigenvalue weighted by atomic mass is 16.3. The van der Waals surface area contributed by atoms with E-state index in [4.69, 9.17) is 5.73 Å². The Kier molecular flexibility index (Phi) is 3.03. The van der Waals surface area contributed by atoms with E-state index in [0.717, 1.165) is 18.4 Å². The molecule has 0 radical (unpaired) electrons. The molecule has 3 nitrogen and oxygen atoms in total. The SMILES string of the molecule is NCC1(C(O)c2ccncc2)CCCC1. The first-order chi connectivity index (χ1) is 7.28. The lowest BCUT2D eigenvalue weighted by Crippen LogP contribution is -2.34. The smallest absolute Gasteiger partial charge is 0.0859 e. The molecule has 1 saturated carbocycles. The molecular weight excluding hydrogens is 188 g/mol. The van der Waals surface area contributed by atoms with Crippen LogP contribution in [0.2, 0.25) is 0 Å². The van der Waals surface area contributed by atoms with E-state index < -0.39 is 6.10 Å². The summed E-state index contributed by atoms with van der Waals surface area (Å²) in [6.45, 7) is 0.566. The highest BCUT2D eigenvalue weighted by Gasteiger charge is 2.39. The fourth-order valence-electron chi connectivity index (χ4n) is 2.57. The van der Waals surface area contributed by atoms with Crippen LogP contribution in [0.25, 0.3) is 0 Å². The van der Waals surface area contributed by atoms with Crippen molar-refractivity contribution >= 4 is 0 Å². The van der Waals surface area contributed by atoms with Crippen LogP contribution >= 0.6 is 0 Å². The van der Waals surface area contributed by atoms with Gasteiger partial charge in [-0.05, 0) is 30.5 Å². The van der Waals surface area contributed by atoms with Gasteiger partial charge in [0.25, 0.3) is 0 Å². The highest BCUT2D eigenvalue weighted by Crippen LogP contribution is 2.46. The summed E-state index contributed by atoms with van der Waals surface area (Å²) in [5.74, 6) is 0. The highest BCUT2D eigenvalue weighted by molar-refractivity contribution is 5.17. The van der Waals surface area contributed by atoms with Gasteiger partial charge in [0.05, 0.1) is 6.10 Å². The number of hydrogen-bond donors (Lipinski definition) is 2. The van der Waals surface area contributed by atoms with Crippen molar-refractivity contribution in [2.75, 3.05) is 6.54 Å². The lowest BCUT2D eigenvalue weighted by atomic mass is 9.77. The Morgan fingerprint density at radius 3 is 2.47 bits per heavy atom. The first-order valence-electron chi connectivity index (χ1n) is 5.56. The van der Waals surface area contributed by atoms with Crippen LogP contribution in [0.5, 0.6) is 0 Å². The van der Waals surface area contributed by atoms with Crippen molar-refractivity contribution in [2.24, 2.45) is 11.1 Å². The maximum atomic E-state index is 10.4. The summed E-state index contributed by atoms with van der Waals surface area (Å²) in [4.78, 5) is 3.96. The molecule has 0 aliphatic heterocycles. The molecule has 1 aliphatic rings. The standard InChI is InChI=1S/C12H18N2O/c13-9-12(5-1-2-6-12)11(15)10-3-7-14-8-4-10/h3-4,7-8,11,15H,1-2,5-6,9,13H2. The molecule has 0 amide bonds. The number of aliphatic hydroxyl groups is 1. The van der Waals surface area contributed by atoms with Gasteiger partial charge in [-0.2, -0.15) is 0 Å². The van der Waals surface area contributed by atoms with E-state index >= 15 is 0 Å². The molecular formula is C12H18N2O. The van der Waals surface area contributed by atoms with Gasteiger partial charge in [-0.15, -0.1) is 0 Å². The van der Waals surface area contributed by atoms with Crippen molar-refractivity contribution < 1.29 is 5.11 Å². The summed E-state index contributed by atoms with van der Waals surface area (Å²) in [5.41, 5.74) is 6.68. The molecule has 82 valence electrons. The molecule has 1 heterocycles. The van der Waals surface area contributed by atoms with Crippen LogP contribution in [0.4, 0.5) is 0 Å². The Morgan fingerprint density at radius 2 is 1.93 bits per heavy atom. The third-order valence-corrected chi connectivity index (χ3v) is 3.61. The molecule has 1 unspecified atom stereocenters. The van der Waals surface area contributed by atoms with Gasteiger partial charge in [0.15, 0.2) is 0 Å². The van der Waals surface area contributed by atoms with Gasteiger partial charge in [0.2, 0.25) is 0 Å². The molecule has 15 heavy (non-hydrogen) atoms. The molecule has 1 atom stereocenters. The van der Waals surface area contributed by atoms with E-state index in [1.54, 1.807) is 12.4 Å². The predicted octanol–water partition coefficient (Wildman–Crippen LogP) is 1.63. The number of pyridine rings is 1. The molecule has 1 fully saturated rings. The average molecular weight is 206 g/mol. The maximum absolute atomic E-state index is 10.4. The van der Waals surface area contributed by atoms with Crippen LogP contribution in [0.15, 0.2) is 24.5 Å². The molecule has 0 bridgehead atoms. The quantitative estimate of drug-likeness (QED) is 0.790. The molecule has 0 spiro atoms. The van der Waals surface area contributed by atoms with Crippen molar-refractivity contribution in [3.8, 4) is 0 Å². The van der Waals surface area contributed by atoms with E-state index in [1.807, 2.05) is 12.1 Å². The zero-order valence-electron chi connectivity index (χ0n) is 8.89. The minimum atomic E-state index is -0.437. The van der Waals surface area contributed by atoms with Crippen LogP contribution in [0, 0.1) is 5.41 Å². The summed E-state index contributed by atoms with van der Waals surface area (Å²) >= 11 is 0. The van der Waals surface area contributed by atoms with Gasteiger partial charge in [-0.25, -0.2) is 0 Å². The van der Waals surface area contributed by atoms with Crippen LogP contribution in [0.1, 0.15) is 37.4 Å². The maximum Gasteiger partial charge on any atom is 0.0859 e. The number of nitrogens with zero attached hydrogens (tertiary/aromatic N) is 1. The fraction of sp³-hybridized carbons (Fsp3) is 0.583. The van der Waals surface area contributed by atoms with Gasteiger partial charge in [0.1, 0.15) is 0 Å². The number of hydrogen-bond acceptors (Lipinski definition) is 3. The zero-order valence-corrected chi connectivity index (χ0v) is 8.89. The van der Waals surface area contributed by atoms with Crippen LogP contribution < -0.4 is 5.73 Å². The third-order valence-electron chi connectivity index (χ3n) is 3.61. The number of nitrogens with two attached hydrogens (primary N) is 1. The second-order valence-electron chi connectivity index (χ2n) is 4.46. The molecule has 2 rings (SSSR count). The minimum Gasteiger partial charge on any atom is -0.388 e. The number of aromatic nitrogens is 1. The molecule has 0 aromatic carbocycles. The molecule has 0 saturated heterocycles. The van der Waals surface area contributed by atoms with Crippen molar-refractivity contribution in [3.63, 3.8) is 0 Å². The van der Waals surface area contributed by atoms with Gasteiger partial charge in [0, 0.05) is 24.4 Å². The lowest BCUT2D eigenvalue weighted by Gasteiger charge is -2.33. The summed E-state index contributed by atoms with van der Waals surface area (Å²) < 4.78 is 0. The van der Waals surface area contributed by atoms with Crippen molar-refractivity contribution in [2.45, 2.75) is 31.8 Å². The molecule has 3 heteroatoms. The lowest BCUT2D eigenvalue weighted by molar-refractivity contribution is 0.0333. The molecule has 1 aromatic heterocycles. The fourth-order valence-corrected chi connectivity index (χ4v) is 2.57. The minimum absolute atomic E-state index is 0.0959. The Hall–Kier alpha value is -0.930. The predicted molar refractivity (Wildman–Crippen MR) is 59.2 cm³/mol. The van der Waals surface area contributed by atoms with Crippen LogP contribution in [-0.4, -0.2) is 16.6 Å². The van der Waals surface area contributed by atoms with Gasteiger partial charge < -0.3 is 10.8 Å². The average Bonchev–Trinajstić information content (AvgIpc) is 2.79. The largest absolute Gasteiger partial charge is 0.388 e. The van der Waals surface area contributed by atoms with E-state index in [-0.39, 0.29) is 5.41 Å². The zero-order chi connectivity index (χ0) is 10.7. The Bertz CT molecular complexity index is 307. The van der Waals surface area contributed by atoms with E-state index in [1.165, 1.54) is 12.8 Å². The summed E-state index contributed by atoms with van der Waals surface area (Å²) in [7, 11) is 0. The monoisotopic (exact) mass is 206 g/mol. The van der Waals surface area contributed by atoms with E-state index in [9.17, 15) is 5.11 Å². The summed E-state index contributed by atoms with van der Waals surface area (Å²) in [5, 5.41) is 10.4. The second kappa shape index (κ2) is 4.29. The Morgan fingerprint density at radius 1 is 1.33 bits per heavy atom. The van der Waals surface area contributed by atoms with E-state index in [2.05, 4.69) is 4.98 Å². The van der Waals surface area contributed by atoms with Gasteiger partial charge in [-0.3, -0.25) is 4.98 Å². The first-order valence-corrected chi connectivity index (χ1v) is 5.56. The Balaban J connectivity index is 2.22. The van der Waals surface area contributed by atoms with Crippen LogP contribution in [-0.2, 0) is 0 Å². The number of aliphatic hydroxyl groups excluding tert-OH is 1. The van der Waals surface area contributed by atoms with Crippen molar-refractivity contribution in [3.05, 3.63) is 30.1 Å². The number of rotatable bonds is 3. The van der Waals surface area contributed by atoms with Crippen molar-refractivity contribution in [1.29, 1.82) is 0 Å². The van der Waals surface area contributed by atoms with E-state index in [0.29, 0.717) is 6.54 Å². The van der Waals surface area contributed by atoms with Crippen LogP contribution in [0.3, 0.4) is 0 Å². The molecule has 1 aromatic rings. The molecule has 1 aliphatic carbocycles. The van der Waals surface area contributed by atoms with Gasteiger partial charge >= 0.3 is 0 Å². The summed E-state index contributed by atoms with van der Waals surface area (Å²) in [6.07, 6.45) is 7.43.